The molecule has 0 saturated carbocycles. The minimum Gasteiger partial charge on any atom is -0.465 e. The van der Waals surface area contributed by atoms with E-state index in [0.29, 0.717) is 24.2 Å². The second-order valence-electron chi connectivity index (χ2n) is 9.35. The second kappa shape index (κ2) is 9.40. The molecule has 0 fully saturated rings. The van der Waals surface area contributed by atoms with Crippen LogP contribution in [0.4, 0.5) is 0 Å². The number of thiophene rings is 1. The molecular weight excluding hydrogens is 440 g/mol. The van der Waals surface area contributed by atoms with Gasteiger partial charge in [-0.15, -0.1) is 11.3 Å². The SMILES string of the molecule is CCOC(=O)CSc1nc2sc3c(c2c(=O)n1Cc1ccccc1)CC[C@H](C(C)(C)C)C3. The van der Waals surface area contributed by atoms with E-state index in [0.717, 1.165) is 35.0 Å². The predicted molar refractivity (Wildman–Crippen MR) is 132 cm³/mol. The zero-order valence-corrected chi connectivity index (χ0v) is 20.8. The summed E-state index contributed by atoms with van der Waals surface area (Å²) in [7, 11) is 0. The maximum atomic E-state index is 13.7. The number of carbonyl (C=O) groups is 1. The summed E-state index contributed by atoms with van der Waals surface area (Å²) in [6.45, 7) is 9.46. The lowest BCUT2D eigenvalue weighted by Gasteiger charge is -2.33. The third kappa shape index (κ3) is 4.79. The Hall–Kier alpha value is -2.12. The van der Waals surface area contributed by atoms with Crippen LogP contribution in [0.3, 0.4) is 0 Å². The number of rotatable bonds is 6. The smallest absolute Gasteiger partial charge is 0.316 e. The van der Waals surface area contributed by atoms with Crippen LogP contribution in [-0.4, -0.2) is 27.9 Å². The number of fused-ring (bicyclic) bond motifs is 3. The lowest BCUT2D eigenvalue weighted by atomic mass is 9.72. The molecule has 7 heteroatoms. The van der Waals surface area contributed by atoms with Gasteiger partial charge < -0.3 is 4.74 Å². The monoisotopic (exact) mass is 470 g/mol. The van der Waals surface area contributed by atoms with Gasteiger partial charge in [0.05, 0.1) is 24.3 Å². The zero-order valence-electron chi connectivity index (χ0n) is 19.1. The van der Waals surface area contributed by atoms with Crippen LogP contribution in [0, 0.1) is 11.3 Å². The third-order valence-corrected chi connectivity index (χ3v) is 8.26. The molecule has 170 valence electrons. The summed E-state index contributed by atoms with van der Waals surface area (Å²) in [5.74, 6) is 0.446. The molecule has 3 aromatic rings. The van der Waals surface area contributed by atoms with E-state index in [9.17, 15) is 9.59 Å². The summed E-state index contributed by atoms with van der Waals surface area (Å²) in [6, 6.07) is 9.92. The summed E-state index contributed by atoms with van der Waals surface area (Å²) in [5.41, 5.74) is 2.46. The number of hydrogen-bond acceptors (Lipinski definition) is 6. The molecule has 5 nitrogen and oxygen atoms in total. The Morgan fingerprint density at radius 3 is 2.72 bits per heavy atom. The summed E-state index contributed by atoms with van der Waals surface area (Å²) in [5, 5.41) is 1.35. The Balaban J connectivity index is 1.77. The van der Waals surface area contributed by atoms with E-state index < -0.39 is 0 Å². The highest BCUT2D eigenvalue weighted by Crippen LogP contribution is 2.42. The van der Waals surface area contributed by atoms with Crippen LogP contribution in [0.2, 0.25) is 0 Å². The average molecular weight is 471 g/mol. The molecule has 1 aliphatic carbocycles. The van der Waals surface area contributed by atoms with Gasteiger partial charge in [0, 0.05) is 4.88 Å². The van der Waals surface area contributed by atoms with Crippen molar-refractivity contribution in [1.82, 2.24) is 9.55 Å². The highest BCUT2D eigenvalue weighted by molar-refractivity contribution is 7.99. The van der Waals surface area contributed by atoms with Gasteiger partial charge in [-0.25, -0.2) is 4.98 Å². The molecule has 0 aliphatic heterocycles. The molecule has 32 heavy (non-hydrogen) atoms. The summed E-state index contributed by atoms with van der Waals surface area (Å²) < 4.78 is 6.80. The fourth-order valence-electron chi connectivity index (χ4n) is 4.32. The number of benzene rings is 1. The van der Waals surface area contributed by atoms with Crippen LogP contribution in [0.15, 0.2) is 40.3 Å². The van der Waals surface area contributed by atoms with Crippen molar-refractivity contribution >= 4 is 39.3 Å². The predicted octanol–water partition coefficient (Wildman–Crippen LogP) is 5.31. The van der Waals surface area contributed by atoms with Crippen molar-refractivity contribution < 1.29 is 9.53 Å². The Kier molecular flexibility index (Phi) is 6.77. The molecule has 0 saturated heterocycles. The van der Waals surface area contributed by atoms with E-state index in [2.05, 4.69) is 20.8 Å². The van der Waals surface area contributed by atoms with Gasteiger partial charge in [-0.1, -0.05) is 62.9 Å². The topological polar surface area (TPSA) is 61.2 Å². The van der Waals surface area contributed by atoms with Crippen molar-refractivity contribution in [2.45, 2.75) is 58.7 Å². The highest BCUT2D eigenvalue weighted by atomic mass is 32.2. The van der Waals surface area contributed by atoms with Crippen LogP contribution < -0.4 is 5.56 Å². The van der Waals surface area contributed by atoms with Gasteiger partial charge >= 0.3 is 5.97 Å². The van der Waals surface area contributed by atoms with Gasteiger partial charge in [0.1, 0.15) is 4.83 Å². The number of aryl methyl sites for hydroxylation is 1. The third-order valence-electron chi connectivity index (χ3n) is 6.17. The molecule has 1 aliphatic rings. The maximum Gasteiger partial charge on any atom is 0.316 e. The summed E-state index contributed by atoms with van der Waals surface area (Å²) in [4.78, 5) is 32.7. The quantitative estimate of drug-likeness (QED) is 0.277. The first-order valence-corrected chi connectivity index (χ1v) is 13.0. The minimum atomic E-state index is -0.295. The number of nitrogens with zero attached hydrogens (tertiary/aromatic N) is 2. The molecule has 0 bridgehead atoms. The Morgan fingerprint density at radius 2 is 2.03 bits per heavy atom. The number of hydrogen-bond donors (Lipinski definition) is 0. The normalized spacial score (nSPS) is 16.2. The van der Waals surface area contributed by atoms with E-state index in [1.807, 2.05) is 30.3 Å². The Morgan fingerprint density at radius 1 is 1.28 bits per heavy atom. The van der Waals surface area contributed by atoms with Crippen LogP contribution in [0.5, 0.6) is 0 Å². The molecule has 0 amide bonds. The zero-order chi connectivity index (χ0) is 22.9. The number of aromatic nitrogens is 2. The van der Waals surface area contributed by atoms with Crippen molar-refractivity contribution in [1.29, 1.82) is 0 Å². The molecule has 1 aromatic carbocycles. The van der Waals surface area contributed by atoms with Crippen LogP contribution >= 0.6 is 23.1 Å². The van der Waals surface area contributed by atoms with E-state index in [1.54, 1.807) is 22.8 Å². The van der Waals surface area contributed by atoms with Crippen LogP contribution in [0.25, 0.3) is 10.2 Å². The summed E-state index contributed by atoms with van der Waals surface area (Å²) >= 11 is 2.93. The average Bonchev–Trinajstić information content (AvgIpc) is 3.12. The van der Waals surface area contributed by atoms with E-state index >= 15 is 0 Å². The van der Waals surface area contributed by atoms with Crippen molar-refractivity contribution in [3.8, 4) is 0 Å². The number of thioether (sulfide) groups is 1. The van der Waals surface area contributed by atoms with Crippen molar-refractivity contribution in [3.05, 3.63) is 56.7 Å². The second-order valence-corrected chi connectivity index (χ2v) is 11.4. The fourth-order valence-corrected chi connectivity index (χ4v) is 6.46. The Bertz CT molecular complexity index is 1180. The standard InChI is InChI=1S/C25H30N2O3S2/c1-5-30-20(28)15-31-24-26-22-21(23(29)27(24)14-16-9-7-6-8-10-16)18-12-11-17(25(2,3)4)13-19(18)32-22/h6-10,17H,5,11-15H2,1-4H3/t17-/m0/s1. The molecule has 0 radical (unpaired) electrons. The largest absolute Gasteiger partial charge is 0.465 e. The van der Waals surface area contributed by atoms with E-state index in [1.165, 1.54) is 22.2 Å². The first kappa shape index (κ1) is 23.1. The molecule has 4 rings (SSSR count). The molecule has 2 aromatic heterocycles. The lowest BCUT2D eigenvalue weighted by molar-refractivity contribution is -0.139. The fraction of sp³-hybridized carbons (Fsp3) is 0.480. The van der Waals surface area contributed by atoms with Crippen molar-refractivity contribution in [2.75, 3.05) is 12.4 Å². The first-order chi connectivity index (χ1) is 15.3. The van der Waals surface area contributed by atoms with Gasteiger partial charge in [-0.2, -0.15) is 0 Å². The molecule has 0 N–H and O–H groups in total. The molecule has 2 heterocycles. The lowest BCUT2D eigenvalue weighted by Crippen LogP contribution is -2.27. The number of ether oxygens (including phenoxy) is 1. The van der Waals surface area contributed by atoms with E-state index in [-0.39, 0.29) is 22.7 Å². The molecule has 0 spiro atoms. The summed E-state index contributed by atoms with van der Waals surface area (Å²) in [6.07, 6.45) is 3.03. The van der Waals surface area contributed by atoms with Gasteiger partial charge in [-0.05, 0) is 48.6 Å². The molecule has 0 unspecified atom stereocenters. The van der Waals surface area contributed by atoms with Crippen LogP contribution in [0.1, 0.15) is 50.1 Å². The van der Waals surface area contributed by atoms with E-state index in [4.69, 9.17) is 9.72 Å². The van der Waals surface area contributed by atoms with Crippen molar-refractivity contribution in [3.63, 3.8) is 0 Å². The number of esters is 1. The van der Waals surface area contributed by atoms with Gasteiger partial charge in [-0.3, -0.25) is 14.2 Å². The van der Waals surface area contributed by atoms with Crippen molar-refractivity contribution in [2.24, 2.45) is 11.3 Å². The molecular formula is C25H30N2O3S2. The first-order valence-electron chi connectivity index (χ1n) is 11.1. The minimum absolute atomic E-state index is 0.00285. The van der Waals surface area contributed by atoms with Gasteiger partial charge in [0.25, 0.3) is 5.56 Å². The maximum absolute atomic E-state index is 13.7. The molecule has 1 atom stereocenters. The van der Waals surface area contributed by atoms with Gasteiger partial charge in [0.15, 0.2) is 5.16 Å². The van der Waals surface area contributed by atoms with Gasteiger partial charge in [0.2, 0.25) is 0 Å². The van der Waals surface area contributed by atoms with Crippen LogP contribution in [-0.2, 0) is 28.9 Å². The number of carbonyl (C=O) groups excluding carboxylic acids is 1. The highest BCUT2D eigenvalue weighted by Gasteiger charge is 2.32. The Labute approximate surface area is 197 Å².